The van der Waals surface area contributed by atoms with Crippen molar-refractivity contribution >= 4 is 23.0 Å². The Morgan fingerprint density at radius 1 is 1.00 bits per heavy atom. The highest BCUT2D eigenvalue weighted by Crippen LogP contribution is 2.34. The fraction of sp³-hybridized carbons (Fsp3) is 0.421. The average molecular weight is 369 g/mol. The van der Waals surface area contributed by atoms with E-state index in [1.165, 1.54) is 0 Å². The number of nitrogens with one attached hydrogen (secondary N) is 1. The first-order valence-corrected chi connectivity index (χ1v) is 9.34. The molecular formula is C19H23N5O3. The van der Waals surface area contributed by atoms with Crippen LogP contribution in [0, 0.1) is 10.1 Å². The lowest BCUT2D eigenvalue weighted by Crippen LogP contribution is -2.48. The quantitative estimate of drug-likeness (QED) is 0.661. The maximum atomic E-state index is 12.4. The van der Waals surface area contributed by atoms with Crippen molar-refractivity contribution in [2.45, 2.75) is 12.8 Å². The number of hydrogen-bond acceptors (Lipinski definition) is 5. The number of aromatic nitrogens is 1. The number of nitrogens with zero attached hydrogens (tertiary/aromatic N) is 4. The van der Waals surface area contributed by atoms with E-state index in [2.05, 4.69) is 14.8 Å². The van der Waals surface area contributed by atoms with Gasteiger partial charge in [-0.3, -0.25) is 14.9 Å². The molecule has 2 saturated heterocycles. The fourth-order valence-electron chi connectivity index (χ4n) is 3.88. The largest absolute Gasteiger partial charge is 0.368 e. The number of aromatic amines is 1. The number of piperazine rings is 1. The van der Waals surface area contributed by atoms with Gasteiger partial charge in [-0.05, 0) is 37.1 Å². The van der Waals surface area contributed by atoms with E-state index in [0.29, 0.717) is 37.6 Å². The minimum absolute atomic E-state index is 0.0149. The molecule has 4 rings (SSSR count). The van der Waals surface area contributed by atoms with Gasteiger partial charge < -0.3 is 19.7 Å². The molecule has 3 heterocycles. The van der Waals surface area contributed by atoms with Gasteiger partial charge in [-0.2, -0.15) is 0 Å². The van der Waals surface area contributed by atoms with E-state index in [9.17, 15) is 14.9 Å². The van der Waals surface area contributed by atoms with Gasteiger partial charge in [0.25, 0.3) is 11.6 Å². The maximum Gasteiger partial charge on any atom is 0.292 e. The predicted octanol–water partition coefficient (Wildman–Crippen LogP) is 2.49. The lowest BCUT2D eigenvalue weighted by atomic mass is 10.2. The van der Waals surface area contributed by atoms with Crippen molar-refractivity contribution in [3.05, 3.63) is 52.3 Å². The number of benzene rings is 1. The van der Waals surface area contributed by atoms with Gasteiger partial charge >= 0.3 is 0 Å². The van der Waals surface area contributed by atoms with Gasteiger partial charge in [-0.1, -0.05) is 0 Å². The summed E-state index contributed by atoms with van der Waals surface area (Å²) in [6.45, 7) is 4.42. The molecule has 2 aromatic rings. The lowest BCUT2D eigenvalue weighted by Gasteiger charge is -2.36. The van der Waals surface area contributed by atoms with Gasteiger partial charge in [0, 0.05) is 57.2 Å². The molecule has 2 aliphatic heterocycles. The Labute approximate surface area is 157 Å². The second kappa shape index (κ2) is 7.30. The van der Waals surface area contributed by atoms with Gasteiger partial charge in [0.05, 0.1) is 4.92 Å². The Balaban J connectivity index is 1.48. The normalized spacial score (nSPS) is 17.4. The van der Waals surface area contributed by atoms with Crippen molar-refractivity contribution in [1.82, 2.24) is 9.88 Å². The maximum absolute atomic E-state index is 12.4. The Bertz CT molecular complexity index is 822. The molecule has 0 saturated carbocycles. The van der Waals surface area contributed by atoms with Crippen LogP contribution in [0.3, 0.4) is 0 Å². The van der Waals surface area contributed by atoms with Crippen LogP contribution in [0.1, 0.15) is 23.3 Å². The van der Waals surface area contributed by atoms with Crippen molar-refractivity contribution in [2.24, 2.45) is 0 Å². The zero-order chi connectivity index (χ0) is 18.8. The molecular weight excluding hydrogens is 346 g/mol. The second-order valence-electron chi connectivity index (χ2n) is 6.99. The third-order valence-electron chi connectivity index (χ3n) is 5.36. The third kappa shape index (κ3) is 3.47. The number of rotatable bonds is 4. The molecule has 27 heavy (non-hydrogen) atoms. The van der Waals surface area contributed by atoms with Crippen molar-refractivity contribution < 1.29 is 9.72 Å². The van der Waals surface area contributed by atoms with Crippen LogP contribution in [0.25, 0.3) is 0 Å². The topological polar surface area (TPSA) is 85.7 Å². The number of carbonyl (C=O) groups is 1. The smallest absolute Gasteiger partial charge is 0.292 e. The Morgan fingerprint density at radius 2 is 1.74 bits per heavy atom. The summed E-state index contributed by atoms with van der Waals surface area (Å²) in [6.07, 6.45) is 3.89. The van der Waals surface area contributed by atoms with E-state index in [1.54, 1.807) is 18.3 Å². The molecule has 0 bridgehead atoms. The number of anilines is 2. The highest BCUT2D eigenvalue weighted by molar-refractivity contribution is 5.92. The number of nitro benzene ring substituents is 1. The zero-order valence-electron chi connectivity index (χ0n) is 15.1. The summed E-state index contributed by atoms with van der Waals surface area (Å²) in [5.74, 6) is 0.0149. The standard InChI is InChI=1S/C19H23N5O3/c25-19(16-4-3-7-20-16)23-12-10-21(11-13-23)15-5-6-17(24(26)27)18(14-15)22-8-1-2-9-22/h3-7,14,20H,1-2,8-13H2. The summed E-state index contributed by atoms with van der Waals surface area (Å²) in [6, 6.07) is 8.97. The van der Waals surface area contributed by atoms with Crippen molar-refractivity contribution in [2.75, 3.05) is 49.1 Å². The van der Waals surface area contributed by atoms with Crippen molar-refractivity contribution in [3.63, 3.8) is 0 Å². The molecule has 0 aliphatic carbocycles. The number of H-pyrrole nitrogens is 1. The molecule has 0 radical (unpaired) electrons. The molecule has 1 N–H and O–H groups in total. The first-order chi connectivity index (χ1) is 13.1. The number of hydrogen-bond donors (Lipinski definition) is 1. The van der Waals surface area contributed by atoms with Gasteiger partial charge in [0.1, 0.15) is 11.4 Å². The number of carbonyl (C=O) groups excluding carboxylic acids is 1. The van der Waals surface area contributed by atoms with Crippen molar-refractivity contribution in [3.8, 4) is 0 Å². The lowest BCUT2D eigenvalue weighted by molar-refractivity contribution is -0.384. The molecule has 8 heteroatoms. The molecule has 2 aliphatic rings. The summed E-state index contributed by atoms with van der Waals surface area (Å²) < 4.78 is 0. The number of amides is 1. The van der Waals surface area contributed by atoms with Gasteiger partial charge in [0.2, 0.25) is 0 Å². The molecule has 142 valence electrons. The summed E-state index contributed by atoms with van der Waals surface area (Å²) in [5.41, 5.74) is 2.46. The minimum Gasteiger partial charge on any atom is -0.368 e. The highest BCUT2D eigenvalue weighted by Gasteiger charge is 2.26. The summed E-state index contributed by atoms with van der Waals surface area (Å²) in [5, 5.41) is 11.4. The fourth-order valence-corrected chi connectivity index (χ4v) is 3.88. The molecule has 0 atom stereocenters. The monoisotopic (exact) mass is 369 g/mol. The molecule has 0 spiro atoms. The molecule has 0 unspecified atom stereocenters. The van der Waals surface area contributed by atoms with Gasteiger partial charge in [-0.25, -0.2) is 0 Å². The first kappa shape index (κ1) is 17.4. The van der Waals surface area contributed by atoms with Crippen LogP contribution in [0.4, 0.5) is 17.1 Å². The van der Waals surface area contributed by atoms with Crippen LogP contribution in [0.5, 0.6) is 0 Å². The van der Waals surface area contributed by atoms with E-state index in [0.717, 1.165) is 31.6 Å². The van der Waals surface area contributed by atoms with Gasteiger partial charge in [-0.15, -0.1) is 0 Å². The van der Waals surface area contributed by atoms with E-state index in [-0.39, 0.29) is 16.5 Å². The Morgan fingerprint density at radius 3 is 2.37 bits per heavy atom. The van der Waals surface area contributed by atoms with Gasteiger partial charge in [0.15, 0.2) is 0 Å². The summed E-state index contributed by atoms with van der Waals surface area (Å²) >= 11 is 0. The summed E-state index contributed by atoms with van der Waals surface area (Å²) in [4.78, 5) is 32.7. The number of nitro groups is 1. The van der Waals surface area contributed by atoms with Crippen molar-refractivity contribution in [1.29, 1.82) is 0 Å². The predicted molar refractivity (Wildman–Crippen MR) is 103 cm³/mol. The minimum atomic E-state index is -0.301. The van der Waals surface area contributed by atoms with Crippen LogP contribution in [-0.4, -0.2) is 60.0 Å². The van der Waals surface area contributed by atoms with E-state index in [4.69, 9.17) is 0 Å². The first-order valence-electron chi connectivity index (χ1n) is 9.34. The average Bonchev–Trinajstić information content (AvgIpc) is 3.41. The Kier molecular flexibility index (Phi) is 4.70. The molecule has 1 aromatic heterocycles. The zero-order valence-corrected chi connectivity index (χ0v) is 15.1. The highest BCUT2D eigenvalue weighted by atomic mass is 16.6. The van der Waals surface area contributed by atoms with E-state index in [1.807, 2.05) is 23.1 Å². The molecule has 2 fully saturated rings. The third-order valence-corrected chi connectivity index (χ3v) is 5.36. The van der Waals surface area contributed by atoms with Crippen LogP contribution < -0.4 is 9.80 Å². The molecule has 1 aromatic carbocycles. The van der Waals surface area contributed by atoms with Crippen LogP contribution in [0.2, 0.25) is 0 Å². The molecule has 8 nitrogen and oxygen atoms in total. The van der Waals surface area contributed by atoms with E-state index < -0.39 is 0 Å². The molecule has 1 amide bonds. The second-order valence-corrected chi connectivity index (χ2v) is 6.99. The van der Waals surface area contributed by atoms with Crippen LogP contribution >= 0.6 is 0 Å². The Hall–Kier alpha value is -3.03. The van der Waals surface area contributed by atoms with E-state index >= 15 is 0 Å². The van der Waals surface area contributed by atoms with Crippen LogP contribution in [-0.2, 0) is 0 Å². The van der Waals surface area contributed by atoms with Crippen LogP contribution in [0.15, 0.2) is 36.5 Å². The SMILES string of the molecule is O=C(c1ccc[nH]1)N1CCN(c2ccc([N+](=O)[O-])c(N3CCCC3)c2)CC1. The summed E-state index contributed by atoms with van der Waals surface area (Å²) in [7, 11) is 0.